The largest absolute Gasteiger partial charge is 0.507 e. The van der Waals surface area contributed by atoms with Gasteiger partial charge in [-0.15, -0.1) is 0 Å². The van der Waals surface area contributed by atoms with E-state index in [1.54, 1.807) is 0 Å². The average molecular weight is 387 g/mol. The van der Waals surface area contributed by atoms with Crippen LogP contribution < -0.4 is 4.90 Å². The van der Waals surface area contributed by atoms with Crippen LogP contribution in [0.25, 0.3) is 5.76 Å². The van der Waals surface area contributed by atoms with Crippen molar-refractivity contribution in [2.24, 2.45) is 0 Å². The highest BCUT2D eigenvalue weighted by Gasteiger charge is 2.46. The molecule has 3 rings (SSSR count). The molecular formula is C21H21F2N2O3+. The van der Waals surface area contributed by atoms with E-state index in [1.807, 2.05) is 14.1 Å². The number of halogens is 2. The molecule has 2 N–H and O–H groups in total. The second-order valence-electron chi connectivity index (χ2n) is 7.01. The molecule has 0 bridgehead atoms. The van der Waals surface area contributed by atoms with Crippen molar-refractivity contribution >= 4 is 17.4 Å². The summed E-state index contributed by atoms with van der Waals surface area (Å²) in [6.45, 7) is 0.871. The van der Waals surface area contributed by atoms with Gasteiger partial charge in [-0.2, -0.15) is 0 Å². The van der Waals surface area contributed by atoms with Crippen LogP contribution in [0.3, 0.4) is 0 Å². The predicted molar refractivity (Wildman–Crippen MR) is 99.5 cm³/mol. The Hall–Kier alpha value is -3.06. The summed E-state index contributed by atoms with van der Waals surface area (Å²) in [4.78, 5) is 27.9. The number of carbonyl (C=O) groups excluding carboxylic acids is 2. The zero-order valence-corrected chi connectivity index (χ0v) is 15.6. The second-order valence-corrected chi connectivity index (χ2v) is 7.01. The van der Waals surface area contributed by atoms with Gasteiger partial charge < -0.3 is 14.9 Å². The number of carbonyl (C=O) groups is 2. The van der Waals surface area contributed by atoms with Crippen molar-refractivity contribution < 1.29 is 28.4 Å². The summed E-state index contributed by atoms with van der Waals surface area (Å²) in [5, 5.41) is 10.8. The van der Waals surface area contributed by atoms with E-state index >= 15 is 0 Å². The Labute approximate surface area is 161 Å². The molecule has 0 aromatic heterocycles. The van der Waals surface area contributed by atoms with Crippen molar-refractivity contribution in [3.63, 3.8) is 0 Å². The Morgan fingerprint density at radius 3 is 2.07 bits per heavy atom. The van der Waals surface area contributed by atoms with E-state index in [1.165, 1.54) is 41.3 Å². The van der Waals surface area contributed by atoms with Crippen LogP contribution >= 0.6 is 0 Å². The van der Waals surface area contributed by atoms with Gasteiger partial charge in [0.2, 0.25) is 0 Å². The van der Waals surface area contributed by atoms with Crippen molar-refractivity contribution in [2.45, 2.75) is 6.04 Å². The van der Waals surface area contributed by atoms with E-state index in [4.69, 9.17) is 0 Å². The second kappa shape index (κ2) is 7.90. The van der Waals surface area contributed by atoms with Crippen LogP contribution in [-0.2, 0) is 9.59 Å². The first kappa shape index (κ1) is 19.7. The molecule has 1 saturated heterocycles. The van der Waals surface area contributed by atoms with Crippen LogP contribution in [0.2, 0.25) is 0 Å². The molecule has 0 radical (unpaired) electrons. The molecule has 1 heterocycles. The first-order chi connectivity index (χ1) is 13.3. The van der Waals surface area contributed by atoms with Crippen LogP contribution in [0.15, 0.2) is 54.1 Å². The SMILES string of the molecule is C[NH+](C)CCN1C(=O)C(=O)C(=C(O)c2ccc(F)cc2)[C@H]1c1ccc(F)cc1. The van der Waals surface area contributed by atoms with Gasteiger partial charge in [0.05, 0.1) is 38.8 Å². The zero-order chi connectivity index (χ0) is 20.4. The first-order valence-electron chi connectivity index (χ1n) is 8.88. The molecule has 1 aliphatic rings. The summed E-state index contributed by atoms with van der Waals surface area (Å²) in [7, 11) is 3.84. The quantitative estimate of drug-likeness (QED) is 0.465. The first-order valence-corrected chi connectivity index (χ1v) is 8.88. The number of likely N-dealkylation sites (tertiary alicyclic amines) is 1. The van der Waals surface area contributed by atoms with Gasteiger partial charge in [-0.05, 0) is 42.0 Å². The molecule has 1 atom stereocenters. The highest BCUT2D eigenvalue weighted by Crippen LogP contribution is 2.39. The Morgan fingerprint density at radius 1 is 1.00 bits per heavy atom. The third-order valence-electron chi connectivity index (χ3n) is 4.70. The van der Waals surface area contributed by atoms with Crippen molar-refractivity contribution in [3.8, 4) is 0 Å². The fourth-order valence-electron chi connectivity index (χ4n) is 3.21. The summed E-state index contributed by atoms with van der Waals surface area (Å²) >= 11 is 0. The highest BCUT2D eigenvalue weighted by molar-refractivity contribution is 6.46. The molecule has 1 fully saturated rings. The Bertz CT molecular complexity index is 922. The fourth-order valence-corrected chi connectivity index (χ4v) is 3.21. The van der Waals surface area contributed by atoms with Crippen molar-refractivity contribution in [1.82, 2.24) is 4.90 Å². The Balaban J connectivity index is 2.13. The number of nitrogens with one attached hydrogen (secondary N) is 1. The van der Waals surface area contributed by atoms with Crippen LogP contribution in [0.1, 0.15) is 17.2 Å². The van der Waals surface area contributed by atoms with Gasteiger partial charge >= 0.3 is 0 Å². The van der Waals surface area contributed by atoms with Crippen molar-refractivity contribution in [2.75, 3.05) is 27.2 Å². The molecule has 7 heteroatoms. The van der Waals surface area contributed by atoms with Gasteiger partial charge in [-0.3, -0.25) is 9.59 Å². The van der Waals surface area contributed by atoms with Crippen LogP contribution in [0.5, 0.6) is 0 Å². The number of likely N-dealkylation sites (N-methyl/N-ethyl adjacent to an activating group) is 1. The molecule has 2 aromatic carbocycles. The molecule has 0 spiro atoms. The lowest BCUT2D eigenvalue weighted by Crippen LogP contribution is -3.06. The lowest BCUT2D eigenvalue weighted by molar-refractivity contribution is -0.857. The zero-order valence-electron chi connectivity index (χ0n) is 15.6. The molecular weight excluding hydrogens is 366 g/mol. The molecule has 1 aliphatic heterocycles. The third kappa shape index (κ3) is 3.80. The normalized spacial score (nSPS) is 18.9. The monoisotopic (exact) mass is 387 g/mol. The number of Topliss-reactive ketones (excluding diaryl/α,β-unsaturated/α-hetero) is 1. The molecule has 0 aliphatic carbocycles. The lowest BCUT2D eigenvalue weighted by Gasteiger charge is -2.25. The van der Waals surface area contributed by atoms with Gasteiger partial charge in [0.15, 0.2) is 0 Å². The number of benzene rings is 2. The van der Waals surface area contributed by atoms with Gasteiger partial charge in [-0.25, -0.2) is 8.78 Å². The summed E-state index contributed by atoms with van der Waals surface area (Å²) in [5.74, 6) is -2.85. The molecule has 2 aromatic rings. The summed E-state index contributed by atoms with van der Waals surface area (Å²) < 4.78 is 26.6. The smallest absolute Gasteiger partial charge is 0.295 e. The standard InChI is InChI=1S/C21H20F2N2O3/c1-24(2)11-12-25-18(13-3-7-15(22)8-4-13)17(20(27)21(25)28)19(26)14-5-9-16(23)10-6-14/h3-10,18,26H,11-12H2,1-2H3/p+1/t18-/m1/s1. The molecule has 28 heavy (non-hydrogen) atoms. The number of aliphatic hydroxyl groups excluding tert-OH is 1. The van der Waals surface area contributed by atoms with Crippen LogP contribution in [0.4, 0.5) is 8.78 Å². The van der Waals surface area contributed by atoms with Crippen molar-refractivity contribution in [3.05, 3.63) is 76.9 Å². The maximum absolute atomic E-state index is 13.4. The van der Waals surface area contributed by atoms with E-state index in [2.05, 4.69) is 0 Å². The third-order valence-corrected chi connectivity index (χ3v) is 4.70. The Kier molecular flexibility index (Phi) is 5.56. The number of hydrogen-bond donors (Lipinski definition) is 2. The summed E-state index contributed by atoms with van der Waals surface area (Å²) in [6, 6.07) is 9.60. The molecule has 0 saturated carbocycles. The number of rotatable bonds is 5. The molecule has 0 unspecified atom stereocenters. The average Bonchev–Trinajstić information content (AvgIpc) is 2.91. The Morgan fingerprint density at radius 2 is 1.54 bits per heavy atom. The van der Waals surface area contributed by atoms with Crippen LogP contribution in [-0.4, -0.2) is 48.9 Å². The maximum atomic E-state index is 13.4. The molecule has 5 nitrogen and oxygen atoms in total. The molecule has 1 amide bonds. The number of aliphatic hydroxyl groups is 1. The van der Waals surface area contributed by atoms with E-state index in [-0.39, 0.29) is 23.4 Å². The van der Waals surface area contributed by atoms with E-state index in [9.17, 15) is 23.5 Å². The van der Waals surface area contributed by atoms with Gasteiger partial charge in [0.25, 0.3) is 11.7 Å². The van der Waals surface area contributed by atoms with Gasteiger partial charge in [0.1, 0.15) is 17.4 Å². The van der Waals surface area contributed by atoms with Gasteiger partial charge in [0, 0.05) is 5.56 Å². The highest BCUT2D eigenvalue weighted by atomic mass is 19.1. The van der Waals surface area contributed by atoms with Gasteiger partial charge in [-0.1, -0.05) is 12.1 Å². The summed E-state index contributed by atoms with van der Waals surface area (Å²) in [5.41, 5.74) is 0.653. The van der Waals surface area contributed by atoms with E-state index in [0.717, 1.165) is 17.0 Å². The fraction of sp³-hybridized carbons (Fsp3) is 0.238. The van der Waals surface area contributed by atoms with E-state index in [0.29, 0.717) is 12.1 Å². The van der Waals surface area contributed by atoms with Crippen molar-refractivity contribution in [1.29, 1.82) is 0 Å². The molecule has 146 valence electrons. The number of hydrogen-bond acceptors (Lipinski definition) is 3. The maximum Gasteiger partial charge on any atom is 0.295 e. The van der Waals surface area contributed by atoms with E-state index < -0.39 is 29.4 Å². The topological polar surface area (TPSA) is 62.0 Å². The number of quaternary nitrogens is 1. The number of ketones is 1. The summed E-state index contributed by atoms with van der Waals surface area (Å²) in [6.07, 6.45) is 0. The number of amides is 1. The minimum Gasteiger partial charge on any atom is -0.507 e. The lowest BCUT2D eigenvalue weighted by atomic mass is 9.95. The number of nitrogens with zero attached hydrogens (tertiary/aromatic N) is 1. The predicted octanol–water partition coefficient (Wildman–Crippen LogP) is 1.53. The minimum atomic E-state index is -0.843. The van der Waals surface area contributed by atoms with Crippen LogP contribution in [0, 0.1) is 11.6 Å². The minimum absolute atomic E-state index is 0.0861.